The van der Waals surface area contributed by atoms with Gasteiger partial charge in [-0.3, -0.25) is 9.89 Å². The van der Waals surface area contributed by atoms with Gasteiger partial charge in [-0.15, -0.1) is 5.11 Å². The Kier molecular flexibility index (Phi) is 3.70. The molecular weight excluding hydrogens is 276 g/mol. The lowest BCUT2D eigenvalue weighted by Gasteiger charge is -1.99. The summed E-state index contributed by atoms with van der Waals surface area (Å²) >= 11 is 0. The molecule has 5 heteroatoms. The quantitative estimate of drug-likeness (QED) is 0.722. The van der Waals surface area contributed by atoms with Gasteiger partial charge in [0.2, 0.25) is 0 Å². The van der Waals surface area contributed by atoms with Crippen molar-refractivity contribution < 1.29 is 0 Å². The van der Waals surface area contributed by atoms with Crippen molar-refractivity contribution in [3.05, 3.63) is 76.2 Å². The maximum Gasteiger partial charge on any atom is 0.299 e. The van der Waals surface area contributed by atoms with Crippen molar-refractivity contribution in [2.45, 2.75) is 13.8 Å². The van der Waals surface area contributed by atoms with Crippen molar-refractivity contribution in [1.29, 1.82) is 0 Å². The molecule has 0 aliphatic carbocycles. The molecule has 0 fully saturated rings. The molecule has 0 radical (unpaired) electrons. The summed E-state index contributed by atoms with van der Waals surface area (Å²) in [6, 6.07) is 17.1. The molecule has 0 spiro atoms. The lowest BCUT2D eigenvalue weighted by Crippen LogP contribution is -2.13. The normalized spacial score (nSPS) is 11.2. The molecule has 1 aromatic heterocycles. The largest absolute Gasteiger partial charge is 0.299 e. The van der Waals surface area contributed by atoms with Crippen LogP contribution in [0.25, 0.3) is 5.69 Å². The van der Waals surface area contributed by atoms with Crippen molar-refractivity contribution in [3.8, 4) is 5.69 Å². The first kappa shape index (κ1) is 14.0. The van der Waals surface area contributed by atoms with Crippen molar-refractivity contribution in [1.82, 2.24) is 9.78 Å². The van der Waals surface area contributed by atoms with E-state index in [2.05, 4.69) is 15.3 Å². The molecule has 0 unspecified atom stereocenters. The molecule has 1 N–H and O–H groups in total. The maximum absolute atomic E-state index is 12.5. The molecule has 3 aromatic rings. The minimum Gasteiger partial charge on any atom is -0.293 e. The number of nitrogens with one attached hydrogen (secondary N) is 1. The molecule has 0 bridgehead atoms. The van der Waals surface area contributed by atoms with Gasteiger partial charge in [0.05, 0.1) is 17.1 Å². The van der Waals surface area contributed by atoms with Gasteiger partial charge in [-0.05, 0) is 37.6 Å². The number of rotatable bonds is 3. The molecule has 3 rings (SSSR count). The number of aromatic nitrogens is 2. The topological polar surface area (TPSA) is 62.5 Å². The number of aryl methyl sites for hydroxylation is 2. The molecule has 2 aromatic carbocycles. The van der Waals surface area contributed by atoms with Crippen LogP contribution in [0.15, 0.2) is 69.6 Å². The number of H-pyrrole nitrogens is 1. The van der Waals surface area contributed by atoms with Crippen LogP contribution in [-0.2, 0) is 0 Å². The number of nitrogens with zero attached hydrogens (tertiary/aromatic N) is 3. The molecule has 0 atom stereocenters. The second kappa shape index (κ2) is 5.81. The van der Waals surface area contributed by atoms with Crippen LogP contribution in [0.1, 0.15) is 11.3 Å². The van der Waals surface area contributed by atoms with Crippen LogP contribution in [-0.4, -0.2) is 9.78 Å². The zero-order chi connectivity index (χ0) is 15.5. The van der Waals surface area contributed by atoms with Crippen LogP contribution in [0.5, 0.6) is 0 Å². The Balaban J connectivity index is 2.01. The Morgan fingerprint density at radius 2 is 1.59 bits per heavy atom. The highest BCUT2D eigenvalue weighted by molar-refractivity contribution is 5.47. The summed E-state index contributed by atoms with van der Waals surface area (Å²) in [5.74, 6) is 0. The molecule has 0 aliphatic heterocycles. The number of hydrogen-bond donors (Lipinski definition) is 1. The van der Waals surface area contributed by atoms with Crippen LogP contribution >= 0.6 is 0 Å². The Hall–Kier alpha value is -2.95. The van der Waals surface area contributed by atoms with Gasteiger partial charge >= 0.3 is 0 Å². The smallest absolute Gasteiger partial charge is 0.293 e. The third-order valence-corrected chi connectivity index (χ3v) is 3.43. The average Bonchev–Trinajstić information content (AvgIpc) is 2.82. The predicted molar refractivity (Wildman–Crippen MR) is 86.5 cm³/mol. The van der Waals surface area contributed by atoms with E-state index in [0.29, 0.717) is 11.4 Å². The van der Waals surface area contributed by atoms with Gasteiger partial charge in [0.1, 0.15) is 0 Å². The first-order valence-corrected chi connectivity index (χ1v) is 7.01. The number of para-hydroxylation sites is 1. The lowest BCUT2D eigenvalue weighted by molar-refractivity contribution is 0.835. The van der Waals surface area contributed by atoms with Crippen molar-refractivity contribution in [2.75, 3.05) is 0 Å². The molecule has 0 saturated carbocycles. The van der Waals surface area contributed by atoms with Crippen molar-refractivity contribution in [2.24, 2.45) is 10.2 Å². The fraction of sp³-hybridized carbons (Fsp3) is 0.118. The van der Waals surface area contributed by atoms with Gasteiger partial charge in [-0.25, -0.2) is 4.68 Å². The van der Waals surface area contributed by atoms with E-state index in [4.69, 9.17) is 0 Å². The monoisotopic (exact) mass is 292 g/mol. The highest BCUT2D eigenvalue weighted by Crippen LogP contribution is 2.21. The van der Waals surface area contributed by atoms with Gasteiger partial charge in [-0.2, -0.15) is 5.11 Å². The van der Waals surface area contributed by atoms with E-state index >= 15 is 0 Å². The first-order valence-electron chi connectivity index (χ1n) is 7.01. The zero-order valence-corrected chi connectivity index (χ0v) is 12.4. The third kappa shape index (κ3) is 2.61. The first-order chi connectivity index (χ1) is 10.7. The molecular formula is C17H16N4O. The predicted octanol–water partition coefficient (Wildman–Crippen LogP) is 4.20. The second-order valence-corrected chi connectivity index (χ2v) is 5.05. The number of benzene rings is 2. The van der Waals surface area contributed by atoms with E-state index in [1.807, 2.05) is 68.4 Å². The average molecular weight is 292 g/mol. The Labute approximate surface area is 127 Å². The van der Waals surface area contributed by atoms with Crippen LogP contribution in [0.2, 0.25) is 0 Å². The molecule has 5 nitrogen and oxygen atoms in total. The van der Waals surface area contributed by atoms with Crippen LogP contribution in [0.4, 0.5) is 11.4 Å². The molecule has 22 heavy (non-hydrogen) atoms. The van der Waals surface area contributed by atoms with Crippen molar-refractivity contribution >= 4 is 11.4 Å². The van der Waals surface area contributed by atoms with E-state index in [9.17, 15) is 4.79 Å². The van der Waals surface area contributed by atoms with E-state index in [0.717, 1.165) is 16.9 Å². The van der Waals surface area contributed by atoms with E-state index in [1.54, 1.807) is 0 Å². The number of azo groups is 1. The summed E-state index contributed by atoms with van der Waals surface area (Å²) in [5, 5.41) is 11.4. The van der Waals surface area contributed by atoms with Crippen molar-refractivity contribution in [3.63, 3.8) is 0 Å². The molecule has 0 aliphatic rings. The fourth-order valence-electron chi connectivity index (χ4n) is 2.19. The van der Waals surface area contributed by atoms with E-state index < -0.39 is 0 Å². The third-order valence-electron chi connectivity index (χ3n) is 3.43. The van der Waals surface area contributed by atoms with Crippen LogP contribution < -0.4 is 5.56 Å². The lowest BCUT2D eigenvalue weighted by atomic mass is 10.2. The van der Waals surface area contributed by atoms with Gasteiger partial charge < -0.3 is 0 Å². The summed E-state index contributed by atoms with van der Waals surface area (Å²) in [6.45, 7) is 3.77. The van der Waals surface area contributed by atoms with Crippen LogP contribution in [0.3, 0.4) is 0 Å². The maximum atomic E-state index is 12.5. The summed E-state index contributed by atoms with van der Waals surface area (Å²) in [5.41, 5.74) is 3.35. The number of aromatic amines is 1. The highest BCUT2D eigenvalue weighted by Gasteiger charge is 2.11. The zero-order valence-electron chi connectivity index (χ0n) is 12.4. The van der Waals surface area contributed by atoms with Gasteiger partial charge in [0.25, 0.3) is 5.56 Å². The van der Waals surface area contributed by atoms with E-state index in [-0.39, 0.29) is 5.56 Å². The Morgan fingerprint density at radius 3 is 2.32 bits per heavy atom. The van der Waals surface area contributed by atoms with E-state index in [1.165, 1.54) is 4.68 Å². The molecule has 0 amide bonds. The SMILES string of the molecule is Cc1ccccc1N=Nc1c(C)[nH]n(-c2ccccc2)c1=O. The molecule has 110 valence electrons. The Morgan fingerprint density at radius 1 is 0.909 bits per heavy atom. The fourth-order valence-corrected chi connectivity index (χ4v) is 2.19. The minimum atomic E-state index is -0.207. The van der Waals surface area contributed by atoms with Crippen LogP contribution in [0, 0.1) is 13.8 Å². The van der Waals surface area contributed by atoms with Gasteiger partial charge in [0, 0.05) is 0 Å². The Bertz CT molecular complexity index is 875. The second-order valence-electron chi connectivity index (χ2n) is 5.05. The molecule has 0 saturated heterocycles. The summed E-state index contributed by atoms with van der Waals surface area (Å²) in [4.78, 5) is 12.5. The minimum absolute atomic E-state index is 0.207. The van der Waals surface area contributed by atoms with Gasteiger partial charge in [-0.1, -0.05) is 36.4 Å². The standard InChI is InChI=1S/C17H16N4O/c1-12-8-6-7-11-15(12)18-19-16-13(2)20-21(17(16)22)14-9-4-3-5-10-14/h3-11,20H,1-2H3. The number of hydrogen-bond acceptors (Lipinski definition) is 3. The highest BCUT2D eigenvalue weighted by atomic mass is 16.1. The van der Waals surface area contributed by atoms with Gasteiger partial charge in [0.15, 0.2) is 5.69 Å². The summed E-state index contributed by atoms with van der Waals surface area (Å²) < 4.78 is 1.47. The summed E-state index contributed by atoms with van der Waals surface area (Å²) in [6.07, 6.45) is 0. The summed E-state index contributed by atoms with van der Waals surface area (Å²) in [7, 11) is 0. The molecule has 1 heterocycles.